The van der Waals surface area contributed by atoms with Crippen LogP contribution in [0.2, 0.25) is 0 Å². The van der Waals surface area contributed by atoms with Crippen molar-refractivity contribution >= 4 is 5.69 Å². The van der Waals surface area contributed by atoms with E-state index in [1.807, 2.05) is 12.1 Å². The maximum Gasteiger partial charge on any atom is 0.213 e. The molecule has 0 amide bonds. The summed E-state index contributed by atoms with van der Waals surface area (Å²) in [4.78, 5) is 4.07. The Morgan fingerprint density at radius 1 is 1.50 bits per heavy atom. The molecule has 0 aliphatic heterocycles. The molecule has 66 valence electrons. The Bertz CT molecular complexity index is 220. The average molecular weight is 166 g/mol. The molecule has 1 rings (SSSR count). The van der Waals surface area contributed by atoms with Gasteiger partial charge in [0.2, 0.25) is 5.88 Å². The first-order chi connectivity index (χ1) is 5.86. The van der Waals surface area contributed by atoms with Crippen LogP contribution < -0.4 is 10.1 Å². The lowest BCUT2D eigenvalue weighted by Gasteiger charge is -2.04. The maximum absolute atomic E-state index is 4.93. The molecule has 0 saturated heterocycles. The summed E-state index contributed by atoms with van der Waals surface area (Å²) in [6, 6.07) is 3.81. The number of nitrogens with zero attached hydrogens (tertiary/aromatic N) is 1. The number of hydrogen-bond acceptors (Lipinski definition) is 3. The second kappa shape index (κ2) is 4.59. The van der Waals surface area contributed by atoms with E-state index in [-0.39, 0.29) is 0 Å². The van der Waals surface area contributed by atoms with Crippen LogP contribution >= 0.6 is 0 Å². The number of pyridine rings is 1. The van der Waals surface area contributed by atoms with E-state index in [1.54, 1.807) is 13.3 Å². The number of ether oxygens (including phenoxy) is 1. The third-order valence-electron chi connectivity index (χ3n) is 1.52. The minimum atomic E-state index is 0.650. The standard InChI is InChI=1S/C9H14N2O/c1-3-6-10-8-4-5-9(12-2)11-7-8/h4-5,7,10H,3,6H2,1-2H3. The van der Waals surface area contributed by atoms with E-state index in [0.29, 0.717) is 5.88 Å². The zero-order chi connectivity index (χ0) is 8.81. The number of aromatic nitrogens is 1. The first-order valence-electron chi connectivity index (χ1n) is 4.10. The molecule has 0 fully saturated rings. The second-order valence-corrected chi connectivity index (χ2v) is 2.52. The van der Waals surface area contributed by atoms with Gasteiger partial charge in [-0.25, -0.2) is 4.98 Å². The Labute approximate surface area is 72.8 Å². The van der Waals surface area contributed by atoms with Crippen LogP contribution in [0.15, 0.2) is 18.3 Å². The van der Waals surface area contributed by atoms with E-state index in [9.17, 15) is 0 Å². The Morgan fingerprint density at radius 2 is 2.33 bits per heavy atom. The zero-order valence-corrected chi connectivity index (χ0v) is 7.50. The van der Waals surface area contributed by atoms with Gasteiger partial charge in [0, 0.05) is 12.6 Å². The lowest BCUT2D eigenvalue weighted by Crippen LogP contribution is -1.99. The molecule has 0 radical (unpaired) electrons. The van der Waals surface area contributed by atoms with Crippen molar-refractivity contribution in [1.82, 2.24) is 4.98 Å². The van der Waals surface area contributed by atoms with Gasteiger partial charge in [-0.05, 0) is 12.5 Å². The SMILES string of the molecule is CCCNc1ccc(OC)nc1. The van der Waals surface area contributed by atoms with Crippen molar-refractivity contribution in [2.24, 2.45) is 0 Å². The number of hydrogen-bond donors (Lipinski definition) is 1. The minimum Gasteiger partial charge on any atom is -0.481 e. The van der Waals surface area contributed by atoms with Gasteiger partial charge in [0.1, 0.15) is 0 Å². The van der Waals surface area contributed by atoms with Gasteiger partial charge in [-0.1, -0.05) is 6.92 Å². The van der Waals surface area contributed by atoms with E-state index < -0.39 is 0 Å². The maximum atomic E-state index is 4.93. The molecule has 0 aliphatic carbocycles. The van der Waals surface area contributed by atoms with Crippen molar-refractivity contribution < 1.29 is 4.74 Å². The van der Waals surface area contributed by atoms with Crippen LogP contribution in [0.5, 0.6) is 5.88 Å². The van der Waals surface area contributed by atoms with E-state index in [0.717, 1.165) is 18.7 Å². The highest BCUT2D eigenvalue weighted by atomic mass is 16.5. The zero-order valence-electron chi connectivity index (χ0n) is 7.50. The predicted molar refractivity (Wildman–Crippen MR) is 49.6 cm³/mol. The molecule has 0 atom stereocenters. The van der Waals surface area contributed by atoms with E-state index >= 15 is 0 Å². The van der Waals surface area contributed by atoms with Gasteiger partial charge in [-0.2, -0.15) is 0 Å². The van der Waals surface area contributed by atoms with Crippen LogP contribution in [0, 0.1) is 0 Å². The highest BCUT2D eigenvalue weighted by Gasteiger charge is 1.92. The van der Waals surface area contributed by atoms with Crippen LogP contribution in [0.1, 0.15) is 13.3 Å². The number of rotatable bonds is 4. The van der Waals surface area contributed by atoms with Gasteiger partial charge >= 0.3 is 0 Å². The third-order valence-corrected chi connectivity index (χ3v) is 1.52. The summed E-state index contributed by atoms with van der Waals surface area (Å²) in [6.45, 7) is 3.11. The Balaban J connectivity index is 2.53. The van der Waals surface area contributed by atoms with Gasteiger partial charge in [0.15, 0.2) is 0 Å². The van der Waals surface area contributed by atoms with Gasteiger partial charge in [-0.3, -0.25) is 0 Å². The Hall–Kier alpha value is -1.25. The highest BCUT2D eigenvalue weighted by Crippen LogP contribution is 2.10. The van der Waals surface area contributed by atoms with Crippen molar-refractivity contribution in [3.05, 3.63) is 18.3 Å². The molecule has 0 spiro atoms. The summed E-state index contributed by atoms with van der Waals surface area (Å²) in [5.41, 5.74) is 1.04. The van der Waals surface area contributed by atoms with Crippen LogP contribution in [-0.4, -0.2) is 18.6 Å². The molecule has 0 unspecified atom stereocenters. The summed E-state index contributed by atoms with van der Waals surface area (Å²) in [6.07, 6.45) is 2.89. The largest absolute Gasteiger partial charge is 0.481 e. The molecule has 1 aromatic rings. The van der Waals surface area contributed by atoms with Crippen molar-refractivity contribution in [1.29, 1.82) is 0 Å². The fourth-order valence-electron chi connectivity index (χ4n) is 0.875. The topological polar surface area (TPSA) is 34.1 Å². The van der Waals surface area contributed by atoms with Crippen LogP contribution in [0.4, 0.5) is 5.69 Å². The fraction of sp³-hybridized carbons (Fsp3) is 0.444. The third kappa shape index (κ3) is 2.42. The molecule has 3 nitrogen and oxygen atoms in total. The van der Waals surface area contributed by atoms with E-state index in [4.69, 9.17) is 4.74 Å². The molecule has 0 bridgehead atoms. The smallest absolute Gasteiger partial charge is 0.213 e. The molecule has 3 heteroatoms. The second-order valence-electron chi connectivity index (χ2n) is 2.52. The summed E-state index contributed by atoms with van der Waals surface area (Å²) >= 11 is 0. The van der Waals surface area contributed by atoms with Crippen molar-refractivity contribution in [3.8, 4) is 5.88 Å². The molecule has 1 N–H and O–H groups in total. The molecule has 0 saturated carbocycles. The minimum absolute atomic E-state index is 0.650. The predicted octanol–water partition coefficient (Wildman–Crippen LogP) is 1.91. The van der Waals surface area contributed by atoms with E-state index in [1.165, 1.54) is 0 Å². The molecule has 1 aromatic heterocycles. The summed E-state index contributed by atoms with van der Waals surface area (Å²) < 4.78 is 4.93. The number of anilines is 1. The molecule has 0 aromatic carbocycles. The Kier molecular flexibility index (Phi) is 3.38. The van der Waals surface area contributed by atoms with Gasteiger partial charge < -0.3 is 10.1 Å². The lowest BCUT2D eigenvalue weighted by atomic mass is 10.4. The summed E-state index contributed by atoms with van der Waals surface area (Å²) in [7, 11) is 1.61. The number of methoxy groups -OCH3 is 1. The molecule has 0 aliphatic rings. The summed E-state index contributed by atoms with van der Waals surface area (Å²) in [5.74, 6) is 0.650. The molecule has 1 heterocycles. The first-order valence-corrected chi connectivity index (χ1v) is 4.10. The van der Waals surface area contributed by atoms with Gasteiger partial charge in [0.25, 0.3) is 0 Å². The monoisotopic (exact) mass is 166 g/mol. The van der Waals surface area contributed by atoms with Gasteiger partial charge in [0.05, 0.1) is 19.0 Å². The number of nitrogens with one attached hydrogen (secondary N) is 1. The van der Waals surface area contributed by atoms with Gasteiger partial charge in [-0.15, -0.1) is 0 Å². The first kappa shape index (κ1) is 8.84. The van der Waals surface area contributed by atoms with E-state index in [2.05, 4.69) is 17.2 Å². The van der Waals surface area contributed by atoms with Crippen molar-refractivity contribution in [3.63, 3.8) is 0 Å². The van der Waals surface area contributed by atoms with Crippen LogP contribution in [0.3, 0.4) is 0 Å². The average Bonchev–Trinajstić information content (AvgIpc) is 2.15. The van der Waals surface area contributed by atoms with Crippen LogP contribution in [-0.2, 0) is 0 Å². The quantitative estimate of drug-likeness (QED) is 0.742. The lowest BCUT2D eigenvalue weighted by molar-refractivity contribution is 0.398. The summed E-state index contributed by atoms with van der Waals surface area (Å²) in [5, 5.41) is 3.23. The molecule has 12 heavy (non-hydrogen) atoms. The van der Waals surface area contributed by atoms with Crippen molar-refractivity contribution in [2.75, 3.05) is 19.0 Å². The fourth-order valence-corrected chi connectivity index (χ4v) is 0.875. The molecular formula is C9H14N2O. The van der Waals surface area contributed by atoms with Crippen molar-refractivity contribution in [2.45, 2.75) is 13.3 Å². The highest BCUT2D eigenvalue weighted by molar-refractivity contribution is 5.41. The molecular weight excluding hydrogens is 152 g/mol. The van der Waals surface area contributed by atoms with Crippen LogP contribution in [0.25, 0.3) is 0 Å². The Morgan fingerprint density at radius 3 is 2.83 bits per heavy atom. The normalized spacial score (nSPS) is 9.50.